The van der Waals surface area contributed by atoms with Gasteiger partial charge >= 0.3 is 11.4 Å². The predicted octanol–water partition coefficient (Wildman–Crippen LogP) is 0.908. The molecule has 1 rings (SSSR count). The van der Waals surface area contributed by atoms with Gasteiger partial charge in [0, 0.05) is 0 Å². The van der Waals surface area contributed by atoms with Crippen molar-refractivity contribution < 1.29 is 18.1 Å². The molecule has 0 saturated carbocycles. The highest BCUT2D eigenvalue weighted by Crippen LogP contribution is 2.24. The monoisotopic (exact) mass is 174 g/mol. The molecule has 1 aromatic rings. The van der Waals surface area contributed by atoms with E-state index < -0.39 is 11.4 Å². The van der Waals surface area contributed by atoms with Crippen molar-refractivity contribution in [2.45, 2.75) is 0 Å². The van der Waals surface area contributed by atoms with Crippen LogP contribution in [0.25, 0.3) is 0 Å². The maximum Gasteiger partial charge on any atom is 0.357 e. The van der Waals surface area contributed by atoms with Crippen LogP contribution in [0, 0.1) is 0 Å². The van der Waals surface area contributed by atoms with Crippen molar-refractivity contribution in [2.75, 3.05) is 0 Å². The van der Waals surface area contributed by atoms with E-state index in [-0.39, 0.29) is 11.5 Å². The fourth-order valence-corrected chi connectivity index (χ4v) is 0.899. The molecule has 1 unspecified atom stereocenters. The summed E-state index contributed by atoms with van der Waals surface area (Å²) in [6.45, 7) is 0. The van der Waals surface area contributed by atoms with Crippen LogP contribution in [0.15, 0.2) is 24.3 Å². The minimum atomic E-state index is -2.39. The molecule has 0 radical (unpaired) electrons. The largest absolute Gasteiger partial charge is 0.504 e. The van der Waals surface area contributed by atoms with Gasteiger partial charge in [-0.15, -0.1) is 0 Å². The molecule has 0 spiro atoms. The van der Waals surface area contributed by atoms with Crippen molar-refractivity contribution in [3.05, 3.63) is 24.3 Å². The summed E-state index contributed by atoms with van der Waals surface area (Å²) >= 11 is -2.39. The van der Waals surface area contributed by atoms with E-state index >= 15 is 0 Å². The molecular formula is C6H6O4S. The summed E-state index contributed by atoms with van der Waals surface area (Å²) in [6, 6.07) is 5.93. The number of phenols is 1. The fraction of sp³-hybridized carbons (Fsp3) is 0. The zero-order chi connectivity index (χ0) is 8.27. The summed E-state index contributed by atoms with van der Waals surface area (Å²) in [5.74, 6) is -0.164. The molecule has 0 aliphatic heterocycles. The van der Waals surface area contributed by atoms with E-state index in [1.165, 1.54) is 12.1 Å². The molecule has 0 amide bonds. The van der Waals surface area contributed by atoms with Crippen molar-refractivity contribution in [2.24, 2.45) is 0 Å². The third-order valence-electron chi connectivity index (χ3n) is 1.03. The summed E-state index contributed by atoms with van der Waals surface area (Å²) in [6.07, 6.45) is 0. The third-order valence-corrected chi connectivity index (χ3v) is 1.35. The standard InChI is InChI=1S/C6H6O4S/c7-5-3-1-2-4-6(5)10-11(8)9/h1-4,7H,(H,8,9). The summed E-state index contributed by atoms with van der Waals surface area (Å²) in [5, 5.41) is 8.99. The molecule has 1 aromatic carbocycles. The Morgan fingerprint density at radius 3 is 2.55 bits per heavy atom. The van der Waals surface area contributed by atoms with Gasteiger partial charge in [0.1, 0.15) is 0 Å². The highest BCUT2D eigenvalue weighted by Gasteiger charge is 2.02. The van der Waals surface area contributed by atoms with Crippen LogP contribution in [0.3, 0.4) is 0 Å². The van der Waals surface area contributed by atoms with Crippen LogP contribution in [0.2, 0.25) is 0 Å². The quantitative estimate of drug-likeness (QED) is 0.654. The molecule has 1 atom stereocenters. The third kappa shape index (κ3) is 2.21. The minimum absolute atomic E-state index is 0.00617. The Kier molecular flexibility index (Phi) is 2.45. The van der Waals surface area contributed by atoms with Crippen LogP contribution in [-0.2, 0) is 11.4 Å². The highest BCUT2D eigenvalue weighted by molar-refractivity contribution is 7.74. The number of hydrogen-bond donors (Lipinski definition) is 2. The first-order chi connectivity index (χ1) is 5.20. The summed E-state index contributed by atoms with van der Waals surface area (Å²) in [7, 11) is 0. The van der Waals surface area contributed by atoms with E-state index in [9.17, 15) is 4.21 Å². The Balaban J connectivity index is 2.86. The van der Waals surface area contributed by atoms with Crippen LogP contribution >= 0.6 is 0 Å². The SMILES string of the molecule is O=S(O)Oc1ccccc1O. The first-order valence-corrected chi connectivity index (χ1v) is 3.80. The number of benzene rings is 1. The van der Waals surface area contributed by atoms with Crippen molar-refractivity contribution in [3.8, 4) is 11.5 Å². The molecule has 0 bridgehead atoms. The van der Waals surface area contributed by atoms with E-state index in [0.29, 0.717) is 0 Å². The summed E-state index contributed by atoms with van der Waals surface area (Å²) in [5.41, 5.74) is 0. The van der Waals surface area contributed by atoms with Gasteiger partial charge in [-0.05, 0) is 12.1 Å². The van der Waals surface area contributed by atoms with Crippen molar-refractivity contribution in [1.29, 1.82) is 0 Å². The molecule has 0 saturated heterocycles. The molecule has 5 heteroatoms. The predicted molar refractivity (Wildman–Crippen MR) is 39.5 cm³/mol. The van der Waals surface area contributed by atoms with E-state index in [2.05, 4.69) is 4.18 Å². The molecule has 4 nitrogen and oxygen atoms in total. The Morgan fingerprint density at radius 2 is 2.00 bits per heavy atom. The molecule has 0 aromatic heterocycles. The van der Waals surface area contributed by atoms with Gasteiger partial charge in [0.15, 0.2) is 11.5 Å². The van der Waals surface area contributed by atoms with Gasteiger partial charge in [-0.3, -0.25) is 4.55 Å². The van der Waals surface area contributed by atoms with Gasteiger partial charge in [-0.2, -0.15) is 4.21 Å². The number of hydrogen-bond acceptors (Lipinski definition) is 3. The summed E-state index contributed by atoms with van der Waals surface area (Å²) < 4.78 is 22.7. The number of phenolic OH excluding ortho intramolecular Hbond substituents is 1. The van der Waals surface area contributed by atoms with Gasteiger partial charge in [-0.1, -0.05) is 12.1 Å². The molecule has 0 fully saturated rings. The van der Waals surface area contributed by atoms with Gasteiger partial charge in [-0.25, -0.2) is 0 Å². The Bertz CT molecular complexity index is 273. The van der Waals surface area contributed by atoms with E-state index in [4.69, 9.17) is 9.66 Å². The van der Waals surface area contributed by atoms with Crippen LogP contribution < -0.4 is 4.18 Å². The fourth-order valence-electron chi connectivity index (χ4n) is 0.604. The van der Waals surface area contributed by atoms with Crippen LogP contribution in [-0.4, -0.2) is 13.9 Å². The zero-order valence-corrected chi connectivity index (χ0v) is 6.25. The topological polar surface area (TPSA) is 66.8 Å². The minimum Gasteiger partial charge on any atom is -0.504 e. The molecule has 0 heterocycles. The van der Waals surface area contributed by atoms with Crippen molar-refractivity contribution >= 4 is 11.4 Å². The lowest BCUT2D eigenvalue weighted by atomic mass is 10.3. The number of rotatable bonds is 2. The second-order valence-electron chi connectivity index (χ2n) is 1.77. The molecular weight excluding hydrogens is 168 g/mol. The maximum atomic E-state index is 10.1. The van der Waals surface area contributed by atoms with Crippen LogP contribution in [0.1, 0.15) is 0 Å². The van der Waals surface area contributed by atoms with Crippen molar-refractivity contribution in [1.82, 2.24) is 0 Å². The first kappa shape index (κ1) is 8.03. The molecule has 0 aliphatic rings. The molecule has 11 heavy (non-hydrogen) atoms. The van der Waals surface area contributed by atoms with E-state index in [1.54, 1.807) is 12.1 Å². The second-order valence-corrected chi connectivity index (χ2v) is 2.37. The number of aromatic hydroxyl groups is 1. The average molecular weight is 174 g/mol. The number of para-hydroxylation sites is 2. The van der Waals surface area contributed by atoms with Gasteiger partial charge < -0.3 is 9.29 Å². The Labute approximate surface area is 65.9 Å². The van der Waals surface area contributed by atoms with Crippen LogP contribution in [0.5, 0.6) is 11.5 Å². The highest BCUT2D eigenvalue weighted by atomic mass is 32.2. The molecule has 0 aliphatic carbocycles. The average Bonchev–Trinajstić information content (AvgIpc) is 1.93. The van der Waals surface area contributed by atoms with E-state index in [1.807, 2.05) is 0 Å². The lowest BCUT2D eigenvalue weighted by molar-refractivity contribution is 0.417. The Hall–Kier alpha value is -1.07. The van der Waals surface area contributed by atoms with E-state index in [0.717, 1.165) is 0 Å². The van der Waals surface area contributed by atoms with Crippen LogP contribution in [0.4, 0.5) is 0 Å². The lowest BCUT2D eigenvalue weighted by Gasteiger charge is -2.00. The normalized spacial score (nSPS) is 12.5. The van der Waals surface area contributed by atoms with Gasteiger partial charge in [0.25, 0.3) is 0 Å². The summed E-state index contributed by atoms with van der Waals surface area (Å²) in [4.78, 5) is 0. The zero-order valence-electron chi connectivity index (χ0n) is 5.43. The molecule has 2 N–H and O–H groups in total. The smallest absolute Gasteiger partial charge is 0.357 e. The lowest BCUT2D eigenvalue weighted by Crippen LogP contribution is -1.96. The molecule has 60 valence electrons. The first-order valence-electron chi connectivity index (χ1n) is 2.77. The van der Waals surface area contributed by atoms with Gasteiger partial charge in [0.05, 0.1) is 0 Å². The second kappa shape index (κ2) is 3.36. The Morgan fingerprint density at radius 1 is 1.36 bits per heavy atom. The maximum absolute atomic E-state index is 10.1. The van der Waals surface area contributed by atoms with Gasteiger partial charge in [0.2, 0.25) is 0 Å². The van der Waals surface area contributed by atoms with Crippen molar-refractivity contribution in [3.63, 3.8) is 0 Å².